The number of nitrogens with zero attached hydrogens (tertiary/aromatic N) is 4. The Hall–Kier alpha value is -3.32. The molecule has 1 heterocycles. The molecule has 0 fully saturated rings. The minimum absolute atomic E-state index is 0.207. The third kappa shape index (κ3) is 5.08. The molecule has 0 spiro atoms. The summed E-state index contributed by atoms with van der Waals surface area (Å²) in [6.45, 7) is 2.01. The lowest BCUT2D eigenvalue weighted by Crippen LogP contribution is -2.35. The lowest BCUT2D eigenvalue weighted by molar-refractivity contribution is -0.136. The molecule has 128 valence electrons. The monoisotopic (exact) mass is 338 g/mol. The summed E-state index contributed by atoms with van der Waals surface area (Å²) in [5.74, 6) is 0.256. The van der Waals surface area contributed by atoms with Gasteiger partial charge in [0.1, 0.15) is 11.3 Å². The number of carbonyl (C=O) groups is 1. The fourth-order valence-electron chi connectivity index (χ4n) is 2.21. The first kappa shape index (κ1) is 18.0. The second-order valence-electron chi connectivity index (χ2n) is 5.30. The van der Waals surface area contributed by atoms with Crippen molar-refractivity contribution in [2.75, 3.05) is 19.7 Å². The van der Waals surface area contributed by atoms with Crippen molar-refractivity contribution in [3.63, 3.8) is 0 Å². The van der Waals surface area contributed by atoms with E-state index in [1.165, 1.54) is 4.90 Å². The minimum Gasteiger partial charge on any atom is -0.455 e. The van der Waals surface area contributed by atoms with Crippen LogP contribution in [0.2, 0.25) is 0 Å². The number of hydrogen-bond donors (Lipinski definition) is 0. The number of fused-ring (bicyclic) bond motifs is 1. The molecule has 0 saturated carbocycles. The summed E-state index contributed by atoms with van der Waals surface area (Å²) in [7, 11) is 0. The highest BCUT2D eigenvalue weighted by Gasteiger charge is 2.14. The third-order valence-corrected chi connectivity index (χ3v) is 3.51. The van der Waals surface area contributed by atoms with Gasteiger partial charge in [-0.3, -0.25) is 4.79 Å². The molecule has 1 aromatic carbocycles. The second-order valence-corrected chi connectivity index (χ2v) is 5.30. The van der Waals surface area contributed by atoms with E-state index >= 15 is 0 Å². The van der Waals surface area contributed by atoms with E-state index in [1.807, 2.05) is 42.5 Å². The van der Waals surface area contributed by atoms with Crippen LogP contribution in [0.5, 0.6) is 0 Å². The van der Waals surface area contributed by atoms with Crippen LogP contribution in [0.15, 0.2) is 39.9 Å². The number of carbonyl (C=O) groups excluding carboxylic acids is 1. The highest BCUT2D eigenvalue weighted by Crippen LogP contribution is 2.19. The summed E-state index contributed by atoms with van der Waals surface area (Å²) < 4.78 is 5.66. The second kappa shape index (κ2) is 9.09. The molecule has 1 amide bonds. The maximum Gasteiger partial charge on any atom is 0.263 e. The average Bonchev–Trinajstić information content (AvgIpc) is 3.06. The zero-order valence-electron chi connectivity index (χ0n) is 13.9. The number of para-hydroxylation sites is 1. The number of nitriles is 2. The van der Waals surface area contributed by atoms with Crippen molar-refractivity contribution in [1.29, 1.82) is 10.5 Å². The van der Waals surface area contributed by atoms with E-state index in [2.05, 4.69) is 5.16 Å². The lowest BCUT2D eigenvalue weighted by atomic mass is 10.2. The van der Waals surface area contributed by atoms with Gasteiger partial charge in [0.15, 0.2) is 12.4 Å². The van der Waals surface area contributed by atoms with Crippen molar-refractivity contribution in [1.82, 2.24) is 4.90 Å². The van der Waals surface area contributed by atoms with E-state index in [1.54, 1.807) is 6.92 Å². The van der Waals surface area contributed by atoms with Gasteiger partial charge in [-0.05, 0) is 19.1 Å². The predicted octanol–water partition coefficient (Wildman–Crippen LogP) is 2.83. The molecule has 7 nitrogen and oxygen atoms in total. The van der Waals surface area contributed by atoms with Crippen molar-refractivity contribution in [3.05, 3.63) is 36.1 Å². The zero-order chi connectivity index (χ0) is 18.1. The number of rotatable bonds is 8. The maximum absolute atomic E-state index is 12.1. The summed E-state index contributed by atoms with van der Waals surface area (Å²) in [5.41, 5.74) is 1.27. The van der Waals surface area contributed by atoms with Crippen LogP contribution in [0.25, 0.3) is 11.0 Å². The van der Waals surface area contributed by atoms with E-state index in [0.717, 1.165) is 11.0 Å². The summed E-state index contributed by atoms with van der Waals surface area (Å²) in [4.78, 5) is 18.7. The van der Waals surface area contributed by atoms with Crippen molar-refractivity contribution in [3.8, 4) is 12.1 Å². The standard InChI is InChI=1S/C18H18N4O3/c1-14(17-12-15-6-2-3-7-16(15)25-17)21-24-13-18(23)22(10-4-8-19)11-5-9-20/h2-3,6-7,12H,4-5,10-11,13H2,1H3. The fraction of sp³-hybridized carbons (Fsp3) is 0.333. The van der Waals surface area contributed by atoms with Crippen LogP contribution < -0.4 is 0 Å². The smallest absolute Gasteiger partial charge is 0.263 e. The normalized spacial score (nSPS) is 10.9. The first-order valence-electron chi connectivity index (χ1n) is 7.83. The molecule has 1 aromatic heterocycles. The molecule has 0 N–H and O–H groups in total. The van der Waals surface area contributed by atoms with Gasteiger partial charge < -0.3 is 14.2 Å². The third-order valence-electron chi connectivity index (χ3n) is 3.51. The predicted molar refractivity (Wildman–Crippen MR) is 91.4 cm³/mol. The molecule has 7 heteroatoms. The first-order valence-corrected chi connectivity index (χ1v) is 7.83. The molecule has 0 atom stereocenters. The molecular weight excluding hydrogens is 320 g/mol. The van der Waals surface area contributed by atoms with Gasteiger partial charge in [0.25, 0.3) is 5.91 Å². The summed E-state index contributed by atoms with van der Waals surface area (Å²) in [5, 5.41) is 22.2. The van der Waals surface area contributed by atoms with E-state index in [4.69, 9.17) is 19.8 Å². The highest BCUT2D eigenvalue weighted by molar-refractivity contribution is 5.99. The number of amides is 1. The molecule has 0 aliphatic rings. The molecule has 25 heavy (non-hydrogen) atoms. The first-order chi connectivity index (χ1) is 12.2. The fourth-order valence-corrected chi connectivity index (χ4v) is 2.21. The molecule has 0 saturated heterocycles. The van der Waals surface area contributed by atoms with Crippen molar-refractivity contribution in [2.24, 2.45) is 5.16 Å². The molecule has 0 unspecified atom stereocenters. The van der Waals surface area contributed by atoms with E-state index in [9.17, 15) is 4.79 Å². The Morgan fingerprint density at radius 2 is 1.92 bits per heavy atom. The van der Waals surface area contributed by atoms with Crippen LogP contribution in [0.1, 0.15) is 25.5 Å². The molecular formula is C18H18N4O3. The van der Waals surface area contributed by atoms with Gasteiger partial charge in [0.2, 0.25) is 0 Å². The molecule has 0 bridgehead atoms. The number of oxime groups is 1. The minimum atomic E-state index is -0.313. The van der Waals surface area contributed by atoms with Gasteiger partial charge in [-0.2, -0.15) is 10.5 Å². The Labute approximate surface area is 145 Å². The Morgan fingerprint density at radius 3 is 2.56 bits per heavy atom. The van der Waals surface area contributed by atoms with Crippen LogP contribution in [0, 0.1) is 22.7 Å². The van der Waals surface area contributed by atoms with Gasteiger partial charge in [0.05, 0.1) is 25.0 Å². The number of hydrogen-bond acceptors (Lipinski definition) is 6. The Kier molecular flexibility index (Phi) is 6.56. The van der Waals surface area contributed by atoms with Crippen molar-refractivity contribution >= 4 is 22.6 Å². The van der Waals surface area contributed by atoms with Crippen LogP contribution in [0.3, 0.4) is 0 Å². The highest BCUT2D eigenvalue weighted by atomic mass is 16.6. The number of benzene rings is 1. The van der Waals surface area contributed by atoms with Crippen molar-refractivity contribution in [2.45, 2.75) is 19.8 Å². The molecule has 2 rings (SSSR count). The summed E-state index contributed by atoms with van der Waals surface area (Å²) >= 11 is 0. The maximum atomic E-state index is 12.1. The van der Waals surface area contributed by atoms with E-state index < -0.39 is 0 Å². The van der Waals surface area contributed by atoms with Crippen LogP contribution >= 0.6 is 0 Å². The Balaban J connectivity index is 1.94. The van der Waals surface area contributed by atoms with Crippen LogP contribution in [0.4, 0.5) is 0 Å². The van der Waals surface area contributed by atoms with Gasteiger partial charge in [-0.25, -0.2) is 0 Å². The van der Waals surface area contributed by atoms with E-state index in [-0.39, 0.29) is 38.4 Å². The average molecular weight is 338 g/mol. The molecule has 0 radical (unpaired) electrons. The van der Waals surface area contributed by atoms with Gasteiger partial charge >= 0.3 is 0 Å². The summed E-state index contributed by atoms with van der Waals surface area (Å²) in [6, 6.07) is 13.4. The van der Waals surface area contributed by atoms with Gasteiger partial charge in [0, 0.05) is 18.5 Å². The zero-order valence-corrected chi connectivity index (χ0v) is 13.9. The van der Waals surface area contributed by atoms with E-state index in [0.29, 0.717) is 11.5 Å². The lowest BCUT2D eigenvalue weighted by Gasteiger charge is -2.19. The molecule has 2 aromatic rings. The van der Waals surface area contributed by atoms with Crippen LogP contribution in [-0.4, -0.2) is 36.2 Å². The van der Waals surface area contributed by atoms with Gasteiger partial charge in [-0.1, -0.05) is 23.4 Å². The Bertz CT molecular complexity index is 791. The Morgan fingerprint density at radius 1 is 1.24 bits per heavy atom. The topological polar surface area (TPSA) is 103 Å². The SMILES string of the molecule is CC(=NOCC(=O)N(CCC#N)CCC#N)c1cc2ccccc2o1. The molecule has 0 aliphatic carbocycles. The summed E-state index contributed by atoms with van der Waals surface area (Å²) in [6.07, 6.45) is 0.414. The largest absolute Gasteiger partial charge is 0.455 e. The van der Waals surface area contributed by atoms with Crippen molar-refractivity contribution < 1.29 is 14.0 Å². The molecule has 0 aliphatic heterocycles. The number of furan rings is 1. The quantitative estimate of drug-likeness (QED) is 0.544. The van der Waals surface area contributed by atoms with Crippen LogP contribution in [-0.2, 0) is 9.63 Å². The van der Waals surface area contributed by atoms with Gasteiger partial charge in [-0.15, -0.1) is 0 Å².